The first-order chi connectivity index (χ1) is 11.1. The Balaban J connectivity index is 2.01. The summed E-state index contributed by atoms with van der Waals surface area (Å²) in [5.74, 6) is 0.954. The highest BCUT2D eigenvalue weighted by Crippen LogP contribution is 2.31. The van der Waals surface area contributed by atoms with Crippen molar-refractivity contribution in [1.29, 1.82) is 0 Å². The van der Waals surface area contributed by atoms with Crippen molar-refractivity contribution < 1.29 is 9.53 Å². The number of anilines is 3. The van der Waals surface area contributed by atoms with Crippen molar-refractivity contribution in [2.75, 3.05) is 17.7 Å². The molecule has 0 spiro atoms. The minimum atomic E-state index is -0.153. The van der Waals surface area contributed by atoms with Gasteiger partial charge in [-0.1, -0.05) is 5.21 Å². The fourth-order valence-electron chi connectivity index (χ4n) is 2.16. The molecule has 118 valence electrons. The van der Waals surface area contributed by atoms with Gasteiger partial charge in [-0.15, -0.1) is 5.10 Å². The van der Waals surface area contributed by atoms with Gasteiger partial charge in [0, 0.05) is 19.7 Å². The lowest BCUT2D eigenvalue weighted by Gasteiger charge is -2.12. The number of rotatable bonds is 4. The normalized spacial score (nSPS) is 10.6. The molecule has 0 fully saturated rings. The summed E-state index contributed by atoms with van der Waals surface area (Å²) >= 11 is 0. The van der Waals surface area contributed by atoms with E-state index in [1.165, 1.54) is 13.3 Å². The Morgan fingerprint density at radius 1 is 1.30 bits per heavy atom. The molecule has 9 heteroatoms. The molecule has 0 aliphatic rings. The van der Waals surface area contributed by atoms with Crippen molar-refractivity contribution in [1.82, 2.24) is 25.0 Å². The maximum atomic E-state index is 11.2. The van der Waals surface area contributed by atoms with Gasteiger partial charge in [-0.05, 0) is 18.2 Å². The molecule has 0 bridgehead atoms. The van der Waals surface area contributed by atoms with Crippen LogP contribution < -0.4 is 15.4 Å². The summed E-state index contributed by atoms with van der Waals surface area (Å²) < 4.78 is 6.90. The van der Waals surface area contributed by atoms with Crippen molar-refractivity contribution in [3.63, 3.8) is 0 Å². The molecule has 23 heavy (non-hydrogen) atoms. The van der Waals surface area contributed by atoms with E-state index in [0.717, 1.165) is 0 Å². The number of hydrogen-bond acceptors (Lipinski definition) is 7. The van der Waals surface area contributed by atoms with Crippen LogP contribution in [-0.2, 0) is 11.8 Å². The van der Waals surface area contributed by atoms with Crippen molar-refractivity contribution in [3.8, 4) is 5.75 Å². The fraction of sp³-hybridized carbons (Fsp3) is 0.214. The van der Waals surface area contributed by atoms with Crippen LogP contribution in [0.4, 0.5) is 17.2 Å². The minimum absolute atomic E-state index is 0.153. The molecule has 0 radical (unpaired) electrons. The lowest BCUT2D eigenvalue weighted by atomic mass is 10.2. The van der Waals surface area contributed by atoms with Crippen molar-refractivity contribution >= 4 is 34.3 Å². The number of carbonyl (C=O) groups excluding carboxylic acids is 1. The highest BCUT2D eigenvalue weighted by molar-refractivity contribution is 5.91. The molecule has 2 heterocycles. The number of fused-ring (bicyclic) bond motifs is 1. The van der Waals surface area contributed by atoms with E-state index in [4.69, 9.17) is 4.74 Å². The fourth-order valence-corrected chi connectivity index (χ4v) is 2.16. The van der Waals surface area contributed by atoms with E-state index in [1.807, 2.05) is 0 Å². The average Bonchev–Trinajstić information content (AvgIpc) is 2.90. The second-order valence-corrected chi connectivity index (χ2v) is 4.83. The Morgan fingerprint density at radius 2 is 2.13 bits per heavy atom. The molecule has 2 aromatic heterocycles. The molecule has 9 nitrogen and oxygen atoms in total. The first-order valence-corrected chi connectivity index (χ1v) is 6.81. The zero-order valence-electron chi connectivity index (χ0n) is 12.9. The van der Waals surface area contributed by atoms with E-state index in [-0.39, 0.29) is 5.91 Å². The van der Waals surface area contributed by atoms with Crippen LogP contribution in [0.3, 0.4) is 0 Å². The first kappa shape index (κ1) is 14.7. The van der Waals surface area contributed by atoms with Crippen LogP contribution in [0.5, 0.6) is 5.75 Å². The van der Waals surface area contributed by atoms with Crippen LogP contribution >= 0.6 is 0 Å². The van der Waals surface area contributed by atoms with E-state index >= 15 is 0 Å². The number of nitrogens with one attached hydrogen (secondary N) is 2. The molecule has 3 aromatic rings. The first-order valence-electron chi connectivity index (χ1n) is 6.81. The Labute approximate surface area is 131 Å². The quantitative estimate of drug-likeness (QED) is 0.751. The van der Waals surface area contributed by atoms with Gasteiger partial charge >= 0.3 is 0 Å². The summed E-state index contributed by atoms with van der Waals surface area (Å²) in [4.78, 5) is 19.6. The number of nitrogens with zero attached hydrogens (tertiary/aromatic N) is 5. The molecule has 1 aromatic carbocycles. The summed E-state index contributed by atoms with van der Waals surface area (Å²) in [6, 6.07) is 5.26. The lowest BCUT2D eigenvalue weighted by Crippen LogP contribution is -2.06. The van der Waals surface area contributed by atoms with E-state index in [2.05, 4.69) is 30.9 Å². The summed E-state index contributed by atoms with van der Waals surface area (Å²) in [7, 11) is 3.32. The number of aromatic nitrogens is 5. The largest absolute Gasteiger partial charge is 0.495 e. The van der Waals surface area contributed by atoms with Gasteiger partial charge in [-0.2, -0.15) is 0 Å². The second-order valence-electron chi connectivity index (χ2n) is 4.83. The smallest absolute Gasteiger partial charge is 0.221 e. The van der Waals surface area contributed by atoms with Gasteiger partial charge in [0.1, 0.15) is 12.1 Å². The third kappa shape index (κ3) is 2.89. The Hall–Kier alpha value is -3.23. The summed E-state index contributed by atoms with van der Waals surface area (Å²) in [5, 5.41) is 13.9. The Morgan fingerprint density at radius 3 is 2.87 bits per heavy atom. The summed E-state index contributed by atoms with van der Waals surface area (Å²) in [6.07, 6.45) is 1.43. The molecular formula is C14H15N7O2. The zero-order chi connectivity index (χ0) is 16.4. The number of methoxy groups -OCH3 is 1. The average molecular weight is 313 g/mol. The molecule has 0 saturated heterocycles. The molecule has 1 amide bonds. The number of aryl methyl sites for hydroxylation is 1. The topological polar surface area (TPSA) is 107 Å². The highest BCUT2D eigenvalue weighted by atomic mass is 16.5. The van der Waals surface area contributed by atoms with Crippen LogP contribution in [0.25, 0.3) is 11.2 Å². The summed E-state index contributed by atoms with van der Waals surface area (Å²) in [6.45, 7) is 1.45. The highest BCUT2D eigenvalue weighted by Gasteiger charge is 2.12. The molecular weight excluding hydrogens is 298 g/mol. The molecule has 0 aliphatic heterocycles. The molecule has 0 aliphatic carbocycles. The van der Waals surface area contributed by atoms with Crippen LogP contribution in [0.2, 0.25) is 0 Å². The number of benzene rings is 1. The number of hydrogen-bond donors (Lipinski definition) is 2. The Kier molecular flexibility index (Phi) is 3.75. The van der Waals surface area contributed by atoms with Gasteiger partial charge in [0.15, 0.2) is 17.0 Å². The number of carbonyl (C=O) groups is 1. The van der Waals surface area contributed by atoms with Gasteiger partial charge in [0.2, 0.25) is 5.91 Å². The van der Waals surface area contributed by atoms with Crippen LogP contribution in [0.1, 0.15) is 6.92 Å². The predicted octanol–water partition coefficient (Wildman–Crippen LogP) is 1.47. The van der Waals surface area contributed by atoms with E-state index < -0.39 is 0 Å². The van der Waals surface area contributed by atoms with Crippen molar-refractivity contribution in [3.05, 3.63) is 24.5 Å². The number of ether oxygens (including phenoxy) is 1. The predicted molar refractivity (Wildman–Crippen MR) is 84.7 cm³/mol. The van der Waals surface area contributed by atoms with Crippen LogP contribution in [0.15, 0.2) is 24.5 Å². The maximum Gasteiger partial charge on any atom is 0.221 e. The molecule has 0 atom stereocenters. The minimum Gasteiger partial charge on any atom is -0.495 e. The van der Waals surface area contributed by atoms with Gasteiger partial charge in [0.25, 0.3) is 0 Å². The SMILES string of the molecule is COc1ccc(NC(C)=O)cc1Nc1ncnc2c1nnn2C. The molecule has 0 saturated carbocycles. The van der Waals surface area contributed by atoms with Gasteiger partial charge in [-0.25, -0.2) is 14.6 Å². The van der Waals surface area contributed by atoms with E-state index in [9.17, 15) is 4.79 Å². The third-order valence-corrected chi connectivity index (χ3v) is 3.16. The van der Waals surface area contributed by atoms with E-state index in [1.54, 1.807) is 37.0 Å². The van der Waals surface area contributed by atoms with Gasteiger partial charge in [-0.3, -0.25) is 4.79 Å². The van der Waals surface area contributed by atoms with Gasteiger partial charge in [0.05, 0.1) is 12.8 Å². The Bertz CT molecular complexity index is 875. The number of amides is 1. The lowest BCUT2D eigenvalue weighted by molar-refractivity contribution is -0.114. The molecule has 2 N–H and O–H groups in total. The van der Waals surface area contributed by atoms with Crippen LogP contribution in [-0.4, -0.2) is 38.0 Å². The zero-order valence-corrected chi connectivity index (χ0v) is 12.9. The van der Waals surface area contributed by atoms with Crippen molar-refractivity contribution in [2.45, 2.75) is 6.92 Å². The maximum absolute atomic E-state index is 11.2. The monoisotopic (exact) mass is 313 g/mol. The van der Waals surface area contributed by atoms with Gasteiger partial charge < -0.3 is 15.4 Å². The van der Waals surface area contributed by atoms with Crippen LogP contribution in [0, 0.1) is 0 Å². The summed E-state index contributed by atoms with van der Waals surface area (Å²) in [5.41, 5.74) is 2.44. The standard InChI is InChI=1S/C14H15N7O2/c1-8(22)17-9-4-5-11(23-3)10(6-9)18-13-12-14(16-7-15-13)21(2)20-19-12/h4-7H,1-3H3,(H,17,22)(H,15,16,18). The second kappa shape index (κ2) is 5.87. The molecule has 3 rings (SSSR count). The third-order valence-electron chi connectivity index (χ3n) is 3.16. The van der Waals surface area contributed by atoms with Crippen molar-refractivity contribution in [2.24, 2.45) is 7.05 Å². The van der Waals surface area contributed by atoms with E-state index in [0.29, 0.717) is 34.1 Å². The molecule has 0 unspecified atom stereocenters.